The minimum Gasteiger partial charge on any atom is -0.480 e. The molecule has 0 aliphatic carbocycles. The molecule has 22 heavy (non-hydrogen) atoms. The van der Waals surface area contributed by atoms with Crippen LogP contribution in [0, 0.1) is 5.92 Å². The fourth-order valence-corrected chi connectivity index (χ4v) is 5.12. The molecule has 0 aromatic carbocycles. The maximum atomic E-state index is 12.1. The van der Waals surface area contributed by atoms with Crippen LogP contribution in [0.1, 0.15) is 12.5 Å². The van der Waals surface area contributed by atoms with E-state index in [0.717, 1.165) is 11.8 Å². The number of halogens is 2. The molecule has 0 saturated carbocycles. The van der Waals surface area contributed by atoms with Crippen molar-refractivity contribution in [2.24, 2.45) is 5.92 Å². The lowest BCUT2D eigenvalue weighted by Gasteiger charge is -2.42. The van der Waals surface area contributed by atoms with E-state index in [-0.39, 0.29) is 28.1 Å². The molecule has 9 heteroatoms. The molecule has 0 spiro atoms. The van der Waals surface area contributed by atoms with Gasteiger partial charge in [-0.2, -0.15) is 0 Å². The Morgan fingerprint density at radius 2 is 2.09 bits per heavy atom. The number of hydrogen-bond donors (Lipinski definition) is 2. The van der Waals surface area contributed by atoms with E-state index in [2.05, 4.69) is 4.98 Å². The van der Waals surface area contributed by atoms with Crippen molar-refractivity contribution < 1.29 is 19.8 Å². The van der Waals surface area contributed by atoms with E-state index < -0.39 is 22.7 Å². The number of aliphatic hydroxyl groups is 1. The van der Waals surface area contributed by atoms with Crippen LogP contribution in [0.25, 0.3) is 0 Å². The number of rotatable bonds is 3. The molecule has 2 aliphatic heterocycles. The van der Waals surface area contributed by atoms with Gasteiger partial charge in [-0.1, -0.05) is 23.2 Å². The summed E-state index contributed by atoms with van der Waals surface area (Å²) in [5.41, 5.74) is 0.390. The van der Waals surface area contributed by atoms with Crippen molar-refractivity contribution in [2.75, 3.05) is 6.54 Å². The Morgan fingerprint density at radius 3 is 2.59 bits per heavy atom. The van der Waals surface area contributed by atoms with Crippen LogP contribution in [0.4, 0.5) is 0 Å². The first-order valence-corrected chi connectivity index (χ1v) is 8.13. The third kappa shape index (κ3) is 2.19. The number of fused-ring (bicyclic) bond motifs is 1. The molecule has 1 amide bonds. The number of amides is 1. The van der Waals surface area contributed by atoms with Gasteiger partial charge in [0.25, 0.3) is 0 Å². The Balaban J connectivity index is 2.02. The number of aliphatic hydroxyl groups excluding tert-OH is 1. The lowest BCUT2D eigenvalue weighted by Crippen LogP contribution is -2.60. The van der Waals surface area contributed by atoms with E-state index >= 15 is 0 Å². The van der Waals surface area contributed by atoms with Crippen LogP contribution >= 0.6 is 35.0 Å². The maximum absolute atomic E-state index is 12.1. The molecular formula is C13H12Cl2N2O4S. The highest BCUT2D eigenvalue weighted by Gasteiger charge is 2.63. The number of β-lactam (4-membered cyclic amide) rings is 1. The zero-order chi connectivity index (χ0) is 16.2. The van der Waals surface area contributed by atoms with Gasteiger partial charge in [-0.3, -0.25) is 9.59 Å². The number of nitrogens with zero attached hydrogens (tertiary/aromatic N) is 2. The minimum absolute atomic E-state index is 0.0103. The van der Waals surface area contributed by atoms with Gasteiger partial charge < -0.3 is 15.1 Å². The van der Waals surface area contributed by atoms with E-state index in [9.17, 15) is 19.8 Å². The summed E-state index contributed by atoms with van der Waals surface area (Å²) in [7, 11) is 0. The van der Waals surface area contributed by atoms with Crippen molar-refractivity contribution >= 4 is 46.8 Å². The smallest absolute Gasteiger partial charge is 0.326 e. The van der Waals surface area contributed by atoms with Gasteiger partial charge in [-0.05, 0) is 24.6 Å². The number of thioether (sulfide) groups is 1. The number of pyridine rings is 1. The second-order valence-corrected chi connectivity index (χ2v) is 7.56. The second kappa shape index (κ2) is 5.26. The molecule has 0 radical (unpaired) electrons. The monoisotopic (exact) mass is 362 g/mol. The molecule has 3 heterocycles. The van der Waals surface area contributed by atoms with Crippen LogP contribution in [0.2, 0.25) is 10.3 Å². The van der Waals surface area contributed by atoms with Gasteiger partial charge in [0.2, 0.25) is 5.91 Å². The summed E-state index contributed by atoms with van der Waals surface area (Å²) < 4.78 is -1.36. The number of carbonyl (C=O) groups excluding carboxylic acids is 1. The van der Waals surface area contributed by atoms with Gasteiger partial charge in [0.15, 0.2) is 4.75 Å². The number of aliphatic carboxylic acids is 1. The van der Waals surface area contributed by atoms with Crippen LogP contribution in [-0.2, 0) is 14.3 Å². The third-order valence-corrected chi connectivity index (χ3v) is 6.11. The Morgan fingerprint density at radius 1 is 1.50 bits per heavy atom. The molecule has 1 aromatic heterocycles. The molecule has 1 aromatic rings. The lowest BCUT2D eigenvalue weighted by molar-refractivity contribution is -0.156. The summed E-state index contributed by atoms with van der Waals surface area (Å²) in [6.07, 6.45) is -0.824. The van der Waals surface area contributed by atoms with E-state index in [0.29, 0.717) is 5.56 Å². The standard InChI is InChI=1S/C13H12Cl2N2O4S/c1-5(18)9-10(19)17-4-13(12(20)21,22-11(9)17)6-2-7(14)16-8(15)3-6/h2-3,5,9,11,18H,4H2,1H3,(H,20,21)/t5-,9+,11-,13?/m1/s1. The molecule has 0 bridgehead atoms. The highest BCUT2D eigenvalue weighted by Crippen LogP contribution is 2.55. The zero-order valence-corrected chi connectivity index (χ0v) is 13.7. The van der Waals surface area contributed by atoms with Crippen molar-refractivity contribution in [1.82, 2.24) is 9.88 Å². The normalized spacial score (nSPS) is 31.6. The summed E-state index contributed by atoms with van der Waals surface area (Å²) >= 11 is 12.9. The first-order chi connectivity index (χ1) is 10.3. The summed E-state index contributed by atoms with van der Waals surface area (Å²) in [5, 5.41) is 19.3. The molecule has 6 nitrogen and oxygen atoms in total. The summed E-state index contributed by atoms with van der Waals surface area (Å²) in [5.74, 6) is -1.90. The quantitative estimate of drug-likeness (QED) is 0.626. The van der Waals surface area contributed by atoms with Gasteiger partial charge in [-0.25, -0.2) is 4.98 Å². The molecular weight excluding hydrogens is 351 g/mol. The van der Waals surface area contributed by atoms with E-state index in [1.807, 2.05) is 0 Å². The van der Waals surface area contributed by atoms with Crippen LogP contribution in [0.5, 0.6) is 0 Å². The number of carboxylic acids is 1. The SMILES string of the molecule is C[C@@H](O)[C@H]1C(=O)N2CC(C(=O)O)(c3cc(Cl)nc(Cl)c3)S[C@H]12. The van der Waals surface area contributed by atoms with Crippen molar-refractivity contribution in [1.29, 1.82) is 0 Å². The van der Waals surface area contributed by atoms with Gasteiger partial charge in [0.05, 0.1) is 23.9 Å². The molecule has 4 atom stereocenters. The number of carboxylic acid groups (broad SMARTS) is 1. The average molecular weight is 363 g/mol. The number of carbonyl (C=O) groups is 2. The van der Waals surface area contributed by atoms with E-state index in [4.69, 9.17) is 23.2 Å². The van der Waals surface area contributed by atoms with Crippen molar-refractivity contribution in [3.63, 3.8) is 0 Å². The third-order valence-electron chi connectivity index (χ3n) is 3.99. The van der Waals surface area contributed by atoms with Crippen molar-refractivity contribution in [3.8, 4) is 0 Å². The van der Waals surface area contributed by atoms with Crippen LogP contribution < -0.4 is 0 Å². The first kappa shape index (κ1) is 15.9. The van der Waals surface area contributed by atoms with Crippen LogP contribution in [-0.4, -0.2) is 50.0 Å². The largest absolute Gasteiger partial charge is 0.480 e. The lowest BCUT2D eigenvalue weighted by atomic mass is 9.90. The molecule has 1 unspecified atom stereocenters. The highest BCUT2D eigenvalue weighted by atomic mass is 35.5. The van der Waals surface area contributed by atoms with E-state index in [1.165, 1.54) is 24.0 Å². The zero-order valence-electron chi connectivity index (χ0n) is 11.4. The fraction of sp³-hybridized carbons (Fsp3) is 0.462. The molecule has 2 N–H and O–H groups in total. The Kier molecular flexibility index (Phi) is 3.79. The van der Waals surface area contributed by atoms with Crippen LogP contribution in [0.3, 0.4) is 0 Å². The average Bonchev–Trinajstić information content (AvgIpc) is 2.73. The molecule has 118 valence electrons. The predicted molar refractivity (Wildman–Crippen MR) is 81.8 cm³/mol. The Labute approximate surface area is 140 Å². The molecule has 2 aliphatic rings. The number of aromatic nitrogens is 1. The molecule has 3 rings (SSSR count). The fourth-order valence-electron chi connectivity index (χ4n) is 2.88. The number of hydrogen-bond acceptors (Lipinski definition) is 5. The predicted octanol–water partition coefficient (Wildman–Crippen LogP) is 1.58. The minimum atomic E-state index is -1.36. The summed E-state index contributed by atoms with van der Waals surface area (Å²) in [4.78, 5) is 29.3. The van der Waals surface area contributed by atoms with Crippen molar-refractivity contribution in [3.05, 3.63) is 28.0 Å². The second-order valence-electron chi connectivity index (χ2n) is 5.37. The van der Waals surface area contributed by atoms with E-state index in [1.54, 1.807) is 0 Å². The van der Waals surface area contributed by atoms with Gasteiger partial charge >= 0.3 is 5.97 Å². The summed E-state index contributed by atoms with van der Waals surface area (Å²) in [6, 6.07) is 2.89. The van der Waals surface area contributed by atoms with Gasteiger partial charge in [0, 0.05) is 0 Å². The topological polar surface area (TPSA) is 90.7 Å². The Hall–Kier alpha value is -1.02. The van der Waals surface area contributed by atoms with Gasteiger partial charge in [0.1, 0.15) is 10.3 Å². The first-order valence-electron chi connectivity index (χ1n) is 6.49. The molecule has 2 saturated heterocycles. The van der Waals surface area contributed by atoms with Gasteiger partial charge in [-0.15, -0.1) is 11.8 Å². The maximum Gasteiger partial charge on any atom is 0.326 e. The van der Waals surface area contributed by atoms with Crippen LogP contribution in [0.15, 0.2) is 12.1 Å². The molecule has 2 fully saturated rings. The van der Waals surface area contributed by atoms with Crippen molar-refractivity contribution in [2.45, 2.75) is 23.1 Å². The Bertz CT molecular complexity index is 651. The summed E-state index contributed by atoms with van der Waals surface area (Å²) in [6.45, 7) is 1.54. The highest BCUT2D eigenvalue weighted by molar-refractivity contribution is 8.02.